The number of aryl methyl sites for hydroxylation is 1. The van der Waals surface area contributed by atoms with Gasteiger partial charge in [-0.25, -0.2) is 0 Å². The van der Waals surface area contributed by atoms with Crippen molar-refractivity contribution in [3.8, 4) is 11.5 Å². The zero-order chi connectivity index (χ0) is 19.5. The van der Waals surface area contributed by atoms with Gasteiger partial charge in [0.2, 0.25) is 5.91 Å². The smallest absolute Gasteiger partial charge is 0.229 e. The van der Waals surface area contributed by atoms with Crippen LogP contribution in [0, 0.1) is 12.8 Å². The van der Waals surface area contributed by atoms with E-state index in [2.05, 4.69) is 22.9 Å². The van der Waals surface area contributed by atoms with E-state index in [0.717, 1.165) is 55.5 Å². The van der Waals surface area contributed by atoms with Crippen molar-refractivity contribution >= 4 is 5.91 Å². The molecule has 0 N–H and O–H groups in total. The van der Waals surface area contributed by atoms with E-state index in [1.165, 1.54) is 5.56 Å². The van der Waals surface area contributed by atoms with Crippen molar-refractivity contribution in [2.75, 3.05) is 39.9 Å². The Morgan fingerprint density at radius 2 is 2.07 bits per heavy atom. The number of hydrogen-bond donors (Lipinski definition) is 0. The summed E-state index contributed by atoms with van der Waals surface area (Å²) in [5.41, 5.74) is 3.39. The summed E-state index contributed by atoms with van der Waals surface area (Å²) >= 11 is 0. The molecule has 3 heterocycles. The summed E-state index contributed by atoms with van der Waals surface area (Å²) in [5, 5.41) is 0. The molecule has 0 aliphatic carbocycles. The number of aromatic nitrogens is 1. The second-order valence-electron chi connectivity index (χ2n) is 7.55. The fourth-order valence-electron chi connectivity index (χ4n) is 3.94. The first-order valence-electron chi connectivity index (χ1n) is 9.85. The molecule has 0 radical (unpaired) electrons. The molecule has 1 aromatic heterocycles. The number of fused-ring (bicyclic) bond motifs is 1. The van der Waals surface area contributed by atoms with E-state index in [4.69, 9.17) is 9.47 Å². The molecule has 6 nitrogen and oxygen atoms in total. The molecule has 0 bridgehead atoms. The Balaban J connectivity index is 1.33. The highest BCUT2D eigenvalue weighted by Gasteiger charge is 2.31. The first-order chi connectivity index (χ1) is 13.6. The molecule has 148 valence electrons. The van der Waals surface area contributed by atoms with Gasteiger partial charge in [-0.15, -0.1) is 0 Å². The van der Waals surface area contributed by atoms with Crippen molar-refractivity contribution in [3.05, 3.63) is 53.3 Å². The highest BCUT2D eigenvalue weighted by molar-refractivity contribution is 5.80. The quantitative estimate of drug-likeness (QED) is 0.813. The van der Waals surface area contributed by atoms with Gasteiger partial charge in [0.15, 0.2) is 0 Å². The zero-order valence-electron chi connectivity index (χ0n) is 16.6. The lowest BCUT2D eigenvalue weighted by atomic mass is 9.95. The van der Waals surface area contributed by atoms with Crippen LogP contribution in [-0.4, -0.2) is 60.6 Å². The van der Waals surface area contributed by atoms with Gasteiger partial charge in [-0.05, 0) is 48.7 Å². The van der Waals surface area contributed by atoms with Gasteiger partial charge in [0.1, 0.15) is 18.1 Å². The highest BCUT2D eigenvalue weighted by Crippen LogP contribution is 2.31. The normalized spacial score (nSPS) is 19.6. The van der Waals surface area contributed by atoms with E-state index in [1.807, 2.05) is 35.4 Å². The van der Waals surface area contributed by atoms with Crippen LogP contribution in [0.3, 0.4) is 0 Å². The van der Waals surface area contributed by atoms with E-state index in [-0.39, 0.29) is 11.8 Å². The Labute approximate surface area is 166 Å². The largest absolute Gasteiger partial charge is 0.497 e. The number of ether oxygens (including phenoxy) is 2. The third-order valence-electron chi connectivity index (χ3n) is 5.70. The maximum Gasteiger partial charge on any atom is 0.229 e. The van der Waals surface area contributed by atoms with Crippen molar-refractivity contribution in [3.63, 3.8) is 0 Å². The number of carbonyl (C=O) groups is 1. The van der Waals surface area contributed by atoms with Crippen LogP contribution >= 0.6 is 0 Å². The molecular weight excluding hydrogens is 354 g/mol. The number of piperazine rings is 1. The van der Waals surface area contributed by atoms with Gasteiger partial charge in [-0.1, -0.05) is 6.07 Å². The summed E-state index contributed by atoms with van der Waals surface area (Å²) in [6.07, 6.45) is 2.55. The molecular formula is C22H27N3O3. The molecule has 0 spiro atoms. The summed E-state index contributed by atoms with van der Waals surface area (Å²) in [6.45, 7) is 6.65. The standard InChI is InChI=1S/C22H27N3O3/c1-16-4-3-7-23-20(16)14-24-8-10-25(11-9-24)22(26)18-12-17-13-19(27-2)5-6-21(17)28-15-18/h3-7,13,18H,8-12,14-15H2,1-2H3/t18-/m1/s1. The highest BCUT2D eigenvalue weighted by atomic mass is 16.5. The minimum atomic E-state index is -0.121. The van der Waals surface area contributed by atoms with Crippen LogP contribution in [0.15, 0.2) is 36.5 Å². The van der Waals surface area contributed by atoms with Crippen LogP contribution in [0.2, 0.25) is 0 Å². The van der Waals surface area contributed by atoms with Crippen LogP contribution < -0.4 is 9.47 Å². The SMILES string of the molecule is COc1ccc2c(c1)C[C@@H](C(=O)N1CCN(Cc3ncccc3C)CC1)CO2. The van der Waals surface area contributed by atoms with E-state index < -0.39 is 0 Å². The van der Waals surface area contributed by atoms with Crippen LogP contribution in [-0.2, 0) is 17.8 Å². The van der Waals surface area contributed by atoms with Gasteiger partial charge < -0.3 is 14.4 Å². The third-order valence-corrected chi connectivity index (χ3v) is 5.70. The molecule has 2 aliphatic rings. The lowest BCUT2D eigenvalue weighted by Gasteiger charge is -2.37. The predicted octanol–water partition coefficient (Wildman–Crippen LogP) is 2.29. The molecule has 1 aromatic carbocycles. The molecule has 1 amide bonds. The molecule has 2 aromatic rings. The Bertz CT molecular complexity index is 847. The van der Waals surface area contributed by atoms with E-state index in [9.17, 15) is 4.79 Å². The number of rotatable bonds is 4. The molecule has 0 saturated carbocycles. The Kier molecular flexibility index (Phi) is 5.48. The Morgan fingerprint density at radius 1 is 1.25 bits per heavy atom. The first kappa shape index (κ1) is 18.7. The maximum absolute atomic E-state index is 13.0. The second-order valence-corrected chi connectivity index (χ2v) is 7.55. The summed E-state index contributed by atoms with van der Waals surface area (Å²) in [5.74, 6) is 1.74. The van der Waals surface area contributed by atoms with Crippen molar-refractivity contribution in [2.45, 2.75) is 19.9 Å². The van der Waals surface area contributed by atoms with Crippen molar-refractivity contribution < 1.29 is 14.3 Å². The van der Waals surface area contributed by atoms with Crippen LogP contribution in [0.5, 0.6) is 11.5 Å². The number of carbonyl (C=O) groups excluding carboxylic acids is 1. The Hall–Kier alpha value is -2.60. The summed E-state index contributed by atoms with van der Waals surface area (Å²) < 4.78 is 11.1. The number of amides is 1. The van der Waals surface area contributed by atoms with Crippen LogP contribution in [0.1, 0.15) is 16.8 Å². The predicted molar refractivity (Wildman–Crippen MR) is 107 cm³/mol. The molecule has 6 heteroatoms. The van der Waals surface area contributed by atoms with Crippen molar-refractivity contribution in [1.29, 1.82) is 0 Å². The minimum Gasteiger partial charge on any atom is -0.497 e. The van der Waals surface area contributed by atoms with Gasteiger partial charge in [0.25, 0.3) is 0 Å². The molecule has 1 atom stereocenters. The fraction of sp³-hybridized carbons (Fsp3) is 0.455. The summed E-state index contributed by atoms with van der Waals surface area (Å²) in [6, 6.07) is 9.85. The monoisotopic (exact) mass is 381 g/mol. The van der Waals surface area contributed by atoms with Gasteiger partial charge in [-0.2, -0.15) is 0 Å². The van der Waals surface area contributed by atoms with Gasteiger partial charge >= 0.3 is 0 Å². The van der Waals surface area contributed by atoms with Crippen LogP contribution in [0.25, 0.3) is 0 Å². The zero-order valence-corrected chi connectivity index (χ0v) is 16.6. The molecule has 4 rings (SSSR count). The maximum atomic E-state index is 13.0. The minimum absolute atomic E-state index is 0.121. The number of hydrogen-bond acceptors (Lipinski definition) is 5. The second kappa shape index (κ2) is 8.19. The number of pyridine rings is 1. The summed E-state index contributed by atoms with van der Waals surface area (Å²) in [7, 11) is 1.65. The Morgan fingerprint density at radius 3 is 2.82 bits per heavy atom. The average Bonchev–Trinajstić information content (AvgIpc) is 2.74. The van der Waals surface area contributed by atoms with Gasteiger partial charge in [-0.3, -0.25) is 14.7 Å². The fourth-order valence-corrected chi connectivity index (χ4v) is 3.94. The molecule has 1 fully saturated rings. The number of nitrogens with zero attached hydrogens (tertiary/aromatic N) is 3. The average molecular weight is 381 g/mol. The van der Waals surface area contributed by atoms with E-state index in [1.54, 1.807) is 7.11 Å². The molecule has 0 unspecified atom stereocenters. The first-order valence-corrected chi connectivity index (χ1v) is 9.85. The molecule has 1 saturated heterocycles. The van der Waals surface area contributed by atoms with Gasteiger partial charge in [0.05, 0.1) is 18.7 Å². The van der Waals surface area contributed by atoms with E-state index in [0.29, 0.717) is 13.0 Å². The van der Waals surface area contributed by atoms with Crippen molar-refractivity contribution in [1.82, 2.24) is 14.8 Å². The lowest BCUT2D eigenvalue weighted by molar-refractivity contribution is -0.138. The van der Waals surface area contributed by atoms with Gasteiger partial charge in [0, 0.05) is 38.9 Å². The summed E-state index contributed by atoms with van der Waals surface area (Å²) in [4.78, 5) is 21.9. The molecule has 2 aliphatic heterocycles. The molecule has 28 heavy (non-hydrogen) atoms. The number of methoxy groups -OCH3 is 1. The van der Waals surface area contributed by atoms with Crippen molar-refractivity contribution in [2.24, 2.45) is 5.92 Å². The lowest BCUT2D eigenvalue weighted by Crippen LogP contribution is -2.51. The van der Waals surface area contributed by atoms with Crippen LogP contribution in [0.4, 0.5) is 0 Å². The topological polar surface area (TPSA) is 54.9 Å². The van der Waals surface area contributed by atoms with E-state index >= 15 is 0 Å². The third kappa shape index (κ3) is 3.97. The number of benzene rings is 1.